The van der Waals surface area contributed by atoms with Crippen LogP contribution in [0.3, 0.4) is 0 Å². The average Bonchev–Trinajstić information content (AvgIpc) is 2.78. The van der Waals surface area contributed by atoms with E-state index in [4.69, 9.17) is 0 Å². The number of rotatable bonds is 1. The number of aromatic amines is 2. The largest absolute Gasteiger partial charge is 0.336 e. The van der Waals surface area contributed by atoms with Crippen LogP contribution in [0, 0.1) is 0 Å². The number of imidazole rings is 1. The Hall–Kier alpha value is -2.08. The number of carbonyl (C=O) groups is 1. The molecule has 3 N–H and O–H groups in total. The van der Waals surface area contributed by atoms with E-state index in [1.54, 1.807) is 18.2 Å². The third-order valence-corrected chi connectivity index (χ3v) is 3.17. The molecule has 0 atom stereocenters. The molecule has 0 spiro atoms. The van der Waals surface area contributed by atoms with Crippen molar-refractivity contribution in [2.24, 2.45) is 0 Å². The summed E-state index contributed by atoms with van der Waals surface area (Å²) in [7, 11) is 0. The molecule has 18 heavy (non-hydrogen) atoms. The van der Waals surface area contributed by atoms with Gasteiger partial charge in [-0.3, -0.25) is 4.79 Å². The highest BCUT2D eigenvalue weighted by atomic mass is 16.2. The first kappa shape index (κ1) is 11.0. The number of nitrogens with zero attached hydrogens (tertiary/aromatic N) is 1. The highest BCUT2D eigenvalue weighted by Crippen LogP contribution is 2.12. The van der Waals surface area contributed by atoms with E-state index in [1.807, 2.05) is 4.90 Å². The van der Waals surface area contributed by atoms with E-state index in [-0.39, 0.29) is 11.6 Å². The van der Waals surface area contributed by atoms with E-state index >= 15 is 0 Å². The van der Waals surface area contributed by atoms with Gasteiger partial charge in [-0.15, -0.1) is 0 Å². The van der Waals surface area contributed by atoms with Crippen molar-refractivity contribution in [1.82, 2.24) is 20.2 Å². The number of nitrogens with one attached hydrogen (secondary N) is 3. The summed E-state index contributed by atoms with van der Waals surface area (Å²) in [5, 5.41) is 3.21. The first-order valence-electron chi connectivity index (χ1n) is 5.96. The lowest BCUT2D eigenvalue weighted by atomic mass is 10.1. The number of hydrogen-bond acceptors (Lipinski definition) is 3. The van der Waals surface area contributed by atoms with Crippen LogP contribution in [-0.2, 0) is 0 Å². The lowest BCUT2D eigenvalue weighted by Gasteiger charge is -2.27. The fraction of sp³-hybridized carbons (Fsp3) is 0.333. The van der Waals surface area contributed by atoms with Crippen LogP contribution < -0.4 is 11.0 Å². The second-order valence-electron chi connectivity index (χ2n) is 4.38. The number of H-pyrrole nitrogens is 2. The van der Waals surface area contributed by atoms with Crippen molar-refractivity contribution in [3.8, 4) is 0 Å². The molecule has 6 nitrogen and oxygen atoms in total. The predicted octanol–water partition coefficient (Wildman–Crippen LogP) is -0.0984. The molecule has 1 aromatic heterocycles. The number of piperazine rings is 1. The molecule has 1 aromatic carbocycles. The first-order chi connectivity index (χ1) is 8.74. The zero-order chi connectivity index (χ0) is 12.5. The Bertz CT molecular complexity index is 637. The van der Waals surface area contributed by atoms with Crippen molar-refractivity contribution in [2.45, 2.75) is 0 Å². The van der Waals surface area contributed by atoms with Gasteiger partial charge in [0.15, 0.2) is 0 Å². The van der Waals surface area contributed by atoms with Gasteiger partial charge < -0.3 is 20.2 Å². The van der Waals surface area contributed by atoms with Gasteiger partial charge in [0.05, 0.1) is 11.0 Å². The molecule has 3 rings (SSSR count). The van der Waals surface area contributed by atoms with Crippen LogP contribution in [0.25, 0.3) is 11.0 Å². The van der Waals surface area contributed by atoms with Gasteiger partial charge in [0.25, 0.3) is 5.91 Å². The molecule has 0 radical (unpaired) electrons. The summed E-state index contributed by atoms with van der Waals surface area (Å²) in [6.45, 7) is 3.10. The van der Waals surface area contributed by atoms with Crippen molar-refractivity contribution in [3.63, 3.8) is 0 Å². The topological polar surface area (TPSA) is 81.0 Å². The van der Waals surface area contributed by atoms with E-state index in [0.717, 1.165) is 31.7 Å². The monoisotopic (exact) mass is 246 g/mol. The van der Waals surface area contributed by atoms with E-state index in [0.29, 0.717) is 11.1 Å². The fourth-order valence-electron chi connectivity index (χ4n) is 2.22. The zero-order valence-corrected chi connectivity index (χ0v) is 9.82. The summed E-state index contributed by atoms with van der Waals surface area (Å²) in [6, 6.07) is 5.22. The number of carbonyl (C=O) groups excluding carboxylic acids is 1. The number of aromatic nitrogens is 2. The molecule has 1 saturated heterocycles. The van der Waals surface area contributed by atoms with Gasteiger partial charge in [-0.1, -0.05) is 0 Å². The van der Waals surface area contributed by atoms with E-state index in [2.05, 4.69) is 15.3 Å². The number of fused-ring (bicyclic) bond motifs is 1. The molecule has 0 unspecified atom stereocenters. The Balaban J connectivity index is 1.92. The summed E-state index contributed by atoms with van der Waals surface area (Å²) in [5.74, 6) is 0.0143. The minimum Gasteiger partial charge on any atom is -0.336 e. The van der Waals surface area contributed by atoms with Gasteiger partial charge in [0.2, 0.25) is 0 Å². The van der Waals surface area contributed by atoms with Gasteiger partial charge in [-0.05, 0) is 18.2 Å². The van der Waals surface area contributed by atoms with Gasteiger partial charge in [0.1, 0.15) is 0 Å². The minimum absolute atomic E-state index is 0.0143. The molecular formula is C12H14N4O2. The van der Waals surface area contributed by atoms with Gasteiger partial charge in [-0.25, -0.2) is 4.79 Å². The maximum absolute atomic E-state index is 12.2. The molecule has 6 heteroatoms. The molecule has 1 amide bonds. The fourth-order valence-corrected chi connectivity index (χ4v) is 2.22. The summed E-state index contributed by atoms with van der Waals surface area (Å²) in [6.07, 6.45) is 0. The second-order valence-corrected chi connectivity index (χ2v) is 4.38. The molecule has 0 aliphatic carbocycles. The Morgan fingerprint density at radius 2 is 1.83 bits per heavy atom. The van der Waals surface area contributed by atoms with E-state index in [1.165, 1.54) is 0 Å². The van der Waals surface area contributed by atoms with Crippen LogP contribution in [0.2, 0.25) is 0 Å². The number of amides is 1. The Morgan fingerprint density at radius 3 is 2.61 bits per heavy atom. The van der Waals surface area contributed by atoms with Gasteiger partial charge in [0, 0.05) is 31.7 Å². The summed E-state index contributed by atoms with van der Waals surface area (Å²) < 4.78 is 0. The normalized spacial score (nSPS) is 16.1. The highest BCUT2D eigenvalue weighted by Gasteiger charge is 2.18. The van der Waals surface area contributed by atoms with Gasteiger partial charge >= 0.3 is 5.69 Å². The van der Waals surface area contributed by atoms with E-state index in [9.17, 15) is 9.59 Å². The van der Waals surface area contributed by atoms with E-state index < -0.39 is 0 Å². The first-order valence-corrected chi connectivity index (χ1v) is 5.96. The summed E-state index contributed by atoms with van der Waals surface area (Å²) in [5.41, 5.74) is 1.74. The Labute approximate surface area is 103 Å². The molecule has 1 fully saturated rings. The quantitative estimate of drug-likeness (QED) is 0.657. The maximum atomic E-state index is 12.2. The predicted molar refractivity (Wildman–Crippen MR) is 67.7 cm³/mol. The average molecular weight is 246 g/mol. The third kappa shape index (κ3) is 1.91. The standard InChI is InChI=1S/C12H14N4O2/c17-11(16-5-3-13-4-6-16)8-1-2-9-10(7-8)15-12(18)14-9/h1-2,7,13H,3-6H2,(H2,14,15,18). The molecular weight excluding hydrogens is 232 g/mol. The Kier molecular flexibility index (Phi) is 2.64. The molecule has 2 aromatic rings. The molecule has 1 aliphatic heterocycles. The number of benzene rings is 1. The molecule has 94 valence electrons. The maximum Gasteiger partial charge on any atom is 0.323 e. The second kappa shape index (κ2) is 4.30. The highest BCUT2D eigenvalue weighted by molar-refractivity contribution is 5.97. The number of hydrogen-bond donors (Lipinski definition) is 3. The van der Waals surface area contributed by atoms with Crippen molar-refractivity contribution in [1.29, 1.82) is 0 Å². The smallest absolute Gasteiger partial charge is 0.323 e. The molecule has 0 bridgehead atoms. The van der Waals surface area contributed by atoms with Crippen LogP contribution in [0.1, 0.15) is 10.4 Å². The molecule has 2 heterocycles. The van der Waals surface area contributed by atoms with Crippen molar-refractivity contribution >= 4 is 16.9 Å². The third-order valence-electron chi connectivity index (χ3n) is 3.17. The molecule has 1 aliphatic rings. The lowest BCUT2D eigenvalue weighted by Crippen LogP contribution is -2.46. The lowest BCUT2D eigenvalue weighted by molar-refractivity contribution is 0.0736. The zero-order valence-electron chi connectivity index (χ0n) is 9.82. The van der Waals surface area contributed by atoms with Crippen LogP contribution in [0.4, 0.5) is 0 Å². The molecule has 0 saturated carbocycles. The van der Waals surface area contributed by atoms with Crippen molar-refractivity contribution < 1.29 is 4.79 Å². The Morgan fingerprint density at radius 1 is 1.11 bits per heavy atom. The van der Waals surface area contributed by atoms with Crippen LogP contribution in [0.15, 0.2) is 23.0 Å². The minimum atomic E-state index is -0.253. The van der Waals surface area contributed by atoms with Crippen LogP contribution in [0.5, 0.6) is 0 Å². The van der Waals surface area contributed by atoms with Crippen molar-refractivity contribution in [2.75, 3.05) is 26.2 Å². The van der Waals surface area contributed by atoms with Crippen molar-refractivity contribution in [3.05, 3.63) is 34.2 Å². The van der Waals surface area contributed by atoms with Crippen LogP contribution >= 0.6 is 0 Å². The summed E-state index contributed by atoms with van der Waals surface area (Å²) in [4.78, 5) is 30.5. The van der Waals surface area contributed by atoms with Gasteiger partial charge in [-0.2, -0.15) is 0 Å². The summed E-state index contributed by atoms with van der Waals surface area (Å²) >= 11 is 0. The van der Waals surface area contributed by atoms with Crippen LogP contribution in [-0.4, -0.2) is 47.0 Å². The SMILES string of the molecule is O=C(c1ccc2[nH]c(=O)[nH]c2c1)N1CCNCC1.